The zero-order chi connectivity index (χ0) is 19.6. The molecule has 0 amide bonds. The van der Waals surface area contributed by atoms with E-state index in [1.807, 2.05) is 0 Å². The number of nitrogens with zero attached hydrogens (tertiary/aromatic N) is 2. The van der Waals surface area contributed by atoms with Crippen LogP contribution in [-0.4, -0.2) is 18.2 Å². The van der Waals surface area contributed by atoms with Crippen LogP contribution in [0.25, 0.3) is 5.69 Å². The van der Waals surface area contributed by atoms with Crippen LogP contribution in [0, 0.1) is 0 Å². The first-order chi connectivity index (χ1) is 12.8. The molecule has 0 aliphatic heterocycles. The minimum Gasteiger partial charge on any atom is -0.266 e. The van der Waals surface area contributed by atoms with E-state index < -0.39 is 15.6 Å². The quantitative estimate of drug-likeness (QED) is 0.651. The van der Waals surface area contributed by atoms with Crippen LogP contribution in [0.1, 0.15) is 5.56 Å². The Kier molecular flexibility index (Phi) is 5.88. The Hall–Kier alpha value is -1.90. The average Bonchev–Trinajstić information content (AvgIpc) is 2.65. The van der Waals surface area contributed by atoms with Crippen LogP contribution in [0.5, 0.6) is 0 Å². The number of aromatic nitrogens is 2. The number of benzene rings is 2. The van der Waals surface area contributed by atoms with Gasteiger partial charge in [-0.05, 0) is 42.0 Å². The van der Waals surface area contributed by atoms with Gasteiger partial charge < -0.3 is 0 Å². The maximum atomic E-state index is 12.4. The first-order valence-electron chi connectivity index (χ1n) is 7.56. The highest BCUT2D eigenvalue weighted by molar-refractivity contribution is 7.89. The van der Waals surface area contributed by atoms with E-state index in [0.29, 0.717) is 10.7 Å². The SMILES string of the molecule is O=c1c(Cl)c(Cl)cnn1-c1ccc(S(=O)(=O)NCc2cccc(Cl)c2)cc1. The predicted molar refractivity (Wildman–Crippen MR) is 105 cm³/mol. The van der Waals surface area contributed by atoms with E-state index in [1.54, 1.807) is 24.3 Å². The van der Waals surface area contributed by atoms with Crippen LogP contribution in [0.3, 0.4) is 0 Å². The summed E-state index contributed by atoms with van der Waals surface area (Å²) < 4.78 is 28.4. The van der Waals surface area contributed by atoms with Gasteiger partial charge in [0.2, 0.25) is 10.0 Å². The minimum absolute atomic E-state index is 0.0430. The fourth-order valence-corrected chi connectivity index (χ4v) is 3.76. The topological polar surface area (TPSA) is 81.1 Å². The second-order valence-corrected chi connectivity index (χ2v) is 8.46. The third kappa shape index (κ3) is 4.51. The molecular formula is C17H12Cl3N3O3S. The van der Waals surface area contributed by atoms with Crippen LogP contribution in [0.15, 0.2) is 64.4 Å². The van der Waals surface area contributed by atoms with Crippen LogP contribution < -0.4 is 10.3 Å². The standard InChI is InChI=1S/C17H12Cl3N3O3S/c18-12-3-1-2-11(8-12)9-22-27(25,26)14-6-4-13(5-7-14)23-17(24)16(20)15(19)10-21-23/h1-8,10,22H,9H2. The van der Waals surface area contributed by atoms with Crippen molar-refractivity contribution in [1.82, 2.24) is 14.5 Å². The molecule has 0 radical (unpaired) electrons. The van der Waals surface area contributed by atoms with Crippen LogP contribution >= 0.6 is 34.8 Å². The molecule has 0 bridgehead atoms. The third-order valence-electron chi connectivity index (χ3n) is 3.62. The molecule has 3 rings (SSSR count). The average molecular weight is 445 g/mol. The van der Waals surface area contributed by atoms with E-state index in [0.717, 1.165) is 10.2 Å². The van der Waals surface area contributed by atoms with E-state index in [4.69, 9.17) is 34.8 Å². The molecule has 10 heteroatoms. The van der Waals surface area contributed by atoms with Gasteiger partial charge in [0.25, 0.3) is 5.56 Å². The minimum atomic E-state index is -3.74. The van der Waals surface area contributed by atoms with Gasteiger partial charge in [-0.2, -0.15) is 9.78 Å². The molecule has 3 aromatic rings. The van der Waals surface area contributed by atoms with E-state index in [1.165, 1.54) is 30.5 Å². The molecular weight excluding hydrogens is 433 g/mol. The van der Waals surface area contributed by atoms with E-state index in [9.17, 15) is 13.2 Å². The molecule has 0 aliphatic rings. The molecule has 0 saturated carbocycles. The molecule has 2 aromatic carbocycles. The van der Waals surface area contributed by atoms with Crippen LogP contribution in [-0.2, 0) is 16.6 Å². The molecule has 27 heavy (non-hydrogen) atoms. The predicted octanol–water partition coefficient (Wildman–Crippen LogP) is 3.67. The van der Waals surface area contributed by atoms with E-state index in [-0.39, 0.29) is 21.5 Å². The van der Waals surface area contributed by atoms with Crippen molar-refractivity contribution in [2.24, 2.45) is 0 Å². The first kappa shape index (κ1) is 19.9. The summed E-state index contributed by atoms with van der Waals surface area (Å²) in [6, 6.07) is 12.5. The van der Waals surface area contributed by atoms with Gasteiger partial charge >= 0.3 is 0 Å². The molecule has 0 saturated heterocycles. The molecule has 1 N–H and O–H groups in total. The Labute approximate surface area is 170 Å². The molecule has 1 heterocycles. The van der Waals surface area contributed by atoms with Crippen molar-refractivity contribution in [2.75, 3.05) is 0 Å². The smallest absolute Gasteiger partial charge is 0.266 e. The molecule has 0 unspecified atom stereocenters. The van der Waals surface area contributed by atoms with Crippen molar-refractivity contribution in [3.63, 3.8) is 0 Å². The lowest BCUT2D eigenvalue weighted by atomic mass is 10.2. The van der Waals surface area contributed by atoms with Crippen molar-refractivity contribution in [1.29, 1.82) is 0 Å². The van der Waals surface area contributed by atoms with Gasteiger partial charge in [-0.15, -0.1) is 0 Å². The van der Waals surface area contributed by atoms with E-state index >= 15 is 0 Å². The van der Waals surface area contributed by atoms with E-state index in [2.05, 4.69) is 9.82 Å². The monoisotopic (exact) mass is 443 g/mol. The van der Waals surface area contributed by atoms with Crippen LogP contribution in [0.4, 0.5) is 0 Å². The van der Waals surface area contributed by atoms with Gasteiger partial charge in [0.1, 0.15) is 5.02 Å². The Balaban J connectivity index is 1.82. The summed E-state index contributed by atoms with van der Waals surface area (Å²) in [4.78, 5) is 12.1. The molecule has 140 valence electrons. The molecule has 0 fully saturated rings. The fraction of sp³-hybridized carbons (Fsp3) is 0.0588. The number of sulfonamides is 1. The van der Waals surface area contributed by atoms with Crippen molar-refractivity contribution in [2.45, 2.75) is 11.4 Å². The first-order valence-corrected chi connectivity index (χ1v) is 10.2. The zero-order valence-corrected chi connectivity index (χ0v) is 16.6. The summed E-state index contributed by atoms with van der Waals surface area (Å²) in [6.45, 7) is 0.0957. The molecule has 0 aliphatic carbocycles. The Morgan fingerprint density at radius 1 is 1.04 bits per heavy atom. The summed E-state index contributed by atoms with van der Waals surface area (Å²) in [6.07, 6.45) is 1.24. The lowest BCUT2D eigenvalue weighted by Crippen LogP contribution is -2.24. The Bertz CT molecular complexity index is 1150. The summed E-state index contributed by atoms with van der Waals surface area (Å²) in [7, 11) is -3.74. The third-order valence-corrected chi connectivity index (χ3v) is 6.02. The number of hydrogen-bond acceptors (Lipinski definition) is 4. The Morgan fingerprint density at radius 2 is 1.74 bits per heavy atom. The lowest BCUT2D eigenvalue weighted by Gasteiger charge is -2.09. The molecule has 6 nitrogen and oxygen atoms in total. The van der Waals surface area contributed by atoms with Gasteiger partial charge in [-0.25, -0.2) is 13.1 Å². The lowest BCUT2D eigenvalue weighted by molar-refractivity contribution is 0.581. The summed E-state index contributed by atoms with van der Waals surface area (Å²) >= 11 is 17.5. The van der Waals surface area contributed by atoms with Gasteiger partial charge in [0.15, 0.2) is 0 Å². The normalized spacial score (nSPS) is 11.5. The van der Waals surface area contributed by atoms with Gasteiger partial charge in [-0.3, -0.25) is 4.79 Å². The maximum Gasteiger partial charge on any atom is 0.291 e. The van der Waals surface area contributed by atoms with Crippen LogP contribution in [0.2, 0.25) is 15.1 Å². The summed E-state index contributed by atoms with van der Waals surface area (Å²) in [5.74, 6) is 0. The molecule has 0 atom stereocenters. The number of nitrogens with one attached hydrogen (secondary N) is 1. The maximum absolute atomic E-state index is 12.4. The highest BCUT2D eigenvalue weighted by Gasteiger charge is 2.15. The highest BCUT2D eigenvalue weighted by Crippen LogP contribution is 2.18. The van der Waals surface area contributed by atoms with Crippen molar-refractivity contribution in [3.05, 3.63) is 85.7 Å². The van der Waals surface area contributed by atoms with Gasteiger partial charge in [-0.1, -0.05) is 46.9 Å². The number of rotatable bonds is 5. The van der Waals surface area contributed by atoms with Crippen molar-refractivity contribution >= 4 is 44.8 Å². The second-order valence-electron chi connectivity index (χ2n) is 5.47. The van der Waals surface area contributed by atoms with Gasteiger partial charge in [0.05, 0.1) is 21.8 Å². The Morgan fingerprint density at radius 3 is 2.41 bits per heavy atom. The molecule has 1 aromatic heterocycles. The molecule has 0 spiro atoms. The fourth-order valence-electron chi connectivity index (χ4n) is 2.27. The van der Waals surface area contributed by atoms with Crippen molar-refractivity contribution < 1.29 is 8.42 Å². The zero-order valence-electron chi connectivity index (χ0n) is 13.6. The number of halogens is 3. The van der Waals surface area contributed by atoms with Gasteiger partial charge in [0, 0.05) is 11.6 Å². The largest absolute Gasteiger partial charge is 0.291 e. The summed E-state index contributed by atoms with van der Waals surface area (Å²) in [5.41, 5.74) is 0.487. The second kappa shape index (κ2) is 8.00. The highest BCUT2D eigenvalue weighted by atomic mass is 35.5. The van der Waals surface area contributed by atoms with Crippen molar-refractivity contribution in [3.8, 4) is 5.69 Å². The number of hydrogen-bond donors (Lipinski definition) is 1. The summed E-state index contributed by atoms with van der Waals surface area (Å²) in [5, 5.41) is 4.30.